The molecule has 19 heavy (non-hydrogen) atoms. The maximum Gasteiger partial charge on any atom is 0.140 e. The Morgan fingerprint density at radius 1 is 1.32 bits per heavy atom. The van der Waals surface area contributed by atoms with Gasteiger partial charge in [0.1, 0.15) is 12.2 Å². The quantitative estimate of drug-likeness (QED) is 0.831. The fourth-order valence-corrected chi connectivity index (χ4v) is 2.94. The smallest absolute Gasteiger partial charge is 0.140 e. The summed E-state index contributed by atoms with van der Waals surface area (Å²) in [5.74, 6) is 2.46. The van der Waals surface area contributed by atoms with Gasteiger partial charge in [0.25, 0.3) is 0 Å². The van der Waals surface area contributed by atoms with Crippen LogP contribution in [0.4, 0.5) is 0 Å². The van der Waals surface area contributed by atoms with Gasteiger partial charge in [-0.1, -0.05) is 40.0 Å². The van der Waals surface area contributed by atoms with Crippen molar-refractivity contribution in [3.8, 4) is 0 Å². The Hall–Kier alpha value is -0.900. The Bertz CT molecular complexity index is 372. The van der Waals surface area contributed by atoms with Crippen LogP contribution in [0, 0.1) is 11.8 Å². The second-order valence-corrected chi connectivity index (χ2v) is 6.35. The molecular weight excluding hydrogens is 236 g/mol. The summed E-state index contributed by atoms with van der Waals surface area (Å²) in [6.45, 7) is 8.61. The number of nitrogens with one attached hydrogen (secondary N) is 1. The van der Waals surface area contributed by atoms with Crippen molar-refractivity contribution >= 4 is 0 Å². The zero-order valence-electron chi connectivity index (χ0n) is 12.6. The summed E-state index contributed by atoms with van der Waals surface area (Å²) in [7, 11) is 0. The van der Waals surface area contributed by atoms with Crippen molar-refractivity contribution in [1.29, 1.82) is 0 Å². The third-order valence-electron chi connectivity index (χ3n) is 4.12. The molecule has 1 aliphatic carbocycles. The van der Waals surface area contributed by atoms with Gasteiger partial charge in [0.2, 0.25) is 0 Å². The summed E-state index contributed by atoms with van der Waals surface area (Å²) in [6, 6.07) is 0.645. The van der Waals surface area contributed by atoms with E-state index >= 15 is 0 Å². The molecule has 2 unspecified atom stereocenters. The van der Waals surface area contributed by atoms with E-state index < -0.39 is 0 Å². The monoisotopic (exact) mass is 264 g/mol. The van der Waals surface area contributed by atoms with Crippen LogP contribution >= 0.6 is 0 Å². The first-order valence-corrected chi connectivity index (χ1v) is 7.77. The number of hydrogen-bond acceptors (Lipinski definition) is 3. The molecule has 4 nitrogen and oxygen atoms in total. The Kier molecular flexibility index (Phi) is 5.37. The van der Waals surface area contributed by atoms with E-state index in [9.17, 15) is 0 Å². The molecule has 0 radical (unpaired) electrons. The topological polar surface area (TPSA) is 42.7 Å². The first-order chi connectivity index (χ1) is 9.16. The molecule has 1 saturated carbocycles. The van der Waals surface area contributed by atoms with Crippen LogP contribution in [0.15, 0.2) is 6.33 Å². The highest BCUT2D eigenvalue weighted by Crippen LogP contribution is 2.23. The number of hydrogen-bond donors (Lipinski definition) is 1. The first kappa shape index (κ1) is 14.5. The molecule has 0 saturated heterocycles. The summed E-state index contributed by atoms with van der Waals surface area (Å²) in [4.78, 5) is 4.39. The van der Waals surface area contributed by atoms with Gasteiger partial charge in [0.05, 0.1) is 6.54 Å². The minimum atomic E-state index is 0.609. The van der Waals surface area contributed by atoms with Gasteiger partial charge in [0, 0.05) is 12.6 Å². The maximum atomic E-state index is 4.39. The molecule has 2 atom stereocenters. The predicted octanol–water partition coefficient (Wildman–Crippen LogP) is 2.99. The standard InChI is InChI=1S/C15H28N4/c1-12(2)10-19-15(17-11-18-19)9-16-14-8-6-4-5-7-13(14)3/h11-14,16H,4-10H2,1-3H3. The second-order valence-electron chi connectivity index (χ2n) is 6.35. The van der Waals surface area contributed by atoms with E-state index in [1.54, 1.807) is 6.33 Å². The lowest BCUT2D eigenvalue weighted by Gasteiger charge is -2.22. The van der Waals surface area contributed by atoms with E-state index in [1.807, 2.05) is 4.68 Å². The van der Waals surface area contributed by atoms with E-state index in [-0.39, 0.29) is 0 Å². The molecular formula is C15H28N4. The Labute approximate surface area is 117 Å². The van der Waals surface area contributed by atoms with Crippen LogP contribution in [0.1, 0.15) is 58.7 Å². The van der Waals surface area contributed by atoms with Crippen LogP contribution in [-0.4, -0.2) is 20.8 Å². The van der Waals surface area contributed by atoms with Crippen molar-refractivity contribution < 1.29 is 0 Å². The summed E-state index contributed by atoms with van der Waals surface area (Å²) in [6.07, 6.45) is 8.49. The molecule has 1 heterocycles. The number of nitrogens with zero attached hydrogens (tertiary/aromatic N) is 3. The summed E-state index contributed by atoms with van der Waals surface area (Å²) in [5.41, 5.74) is 0. The van der Waals surface area contributed by atoms with Crippen molar-refractivity contribution in [3.05, 3.63) is 12.2 Å². The number of aromatic nitrogens is 3. The fraction of sp³-hybridized carbons (Fsp3) is 0.867. The molecule has 0 spiro atoms. The van der Waals surface area contributed by atoms with Gasteiger partial charge in [0.15, 0.2) is 0 Å². The average molecular weight is 264 g/mol. The van der Waals surface area contributed by atoms with E-state index in [4.69, 9.17) is 0 Å². The third kappa shape index (κ3) is 4.30. The van der Waals surface area contributed by atoms with Crippen LogP contribution in [0.25, 0.3) is 0 Å². The lowest BCUT2D eigenvalue weighted by atomic mass is 9.97. The van der Waals surface area contributed by atoms with Gasteiger partial charge in [-0.05, 0) is 24.7 Å². The van der Waals surface area contributed by atoms with Crippen LogP contribution in [-0.2, 0) is 13.1 Å². The molecule has 0 aromatic carbocycles. The molecule has 0 bridgehead atoms. The molecule has 1 aromatic heterocycles. The molecule has 1 aliphatic rings. The van der Waals surface area contributed by atoms with Crippen molar-refractivity contribution in [3.63, 3.8) is 0 Å². The molecule has 1 aromatic rings. The summed E-state index contributed by atoms with van der Waals surface area (Å²) in [5, 5.41) is 8.03. The highest BCUT2D eigenvalue weighted by molar-refractivity contribution is 4.87. The minimum absolute atomic E-state index is 0.609. The Morgan fingerprint density at radius 2 is 2.11 bits per heavy atom. The molecule has 4 heteroatoms. The zero-order chi connectivity index (χ0) is 13.7. The lowest BCUT2D eigenvalue weighted by Crippen LogP contribution is -2.34. The third-order valence-corrected chi connectivity index (χ3v) is 4.12. The van der Waals surface area contributed by atoms with Crippen molar-refractivity contribution in [2.75, 3.05) is 0 Å². The highest BCUT2D eigenvalue weighted by Gasteiger charge is 2.19. The number of rotatable bonds is 5. The van der Waals surface area contributed by atoms with Crippen LogP contribution in [0.2, 0.25) is 0 Å². The van der Waals surface area contributed by atoms with Gasteiger partial charge >= 0.3 is 0 Å². The largest absolute Gasteiger partial charge is 0.307 e. The maximum absolute atomic E-state index is 4.39. The van der Waals surface area contributed by atoms with Crippen molar-refractivity contribution in [2.24, 2.45) is 11.8 Å². The van der Waals surface area contributed by atoms with E-state index in [1.165, 1.54) is 32.1 Å². The van der Waals surface area contributed by atoms with Gasteiger partial charge < -0.3 is 5.32 Å². The summed E-state index contributed by atoms with van der Waals surface area (Å²) >= 11 is 0. The molecule has 1 fully saturated rings. The van der Waals surface area contributed by atoms with E-state index in [2.05, 4.69) is 36.2 Å². The Balaban J connectivity index is 1.88. The molecule has 1 N–H and O–H groups in total. The van der Waals surface area contributed by atoms with Gasteiger partial charge in [-0.2, -0.15) is 5.10 Å². The minimum Gasteiger partial charge on any atom is -0.307 e. The van der Waals surface area contributed by atoms with Crippen LogP contribution in [0.5, 0.6) is 0 Å². The van der Waals surface area contributed by atoms with Crippen molar-refractivity contribution in [1.82, 2.24) is 20.1 Å². The van der Waals surface area contributed by atoms with Crippen LogP contribution < -0.4 is 5.32 Å². The summed E-state index contributed by atoms with van der Waals surface area (Å²) < 4.78 is 2.04. The first-order valence-electron chi connectivity index (χ1n) is 7.77. The molecule has 0 aliphatic heterocycles. The molecule has 0 amide bonds. The molecule has 108 valence electrons. The SMILES string of the molecule is CC(C)Cn1ncnc1CNC1CCCCCC1C. The van der Waals surface area contributed by atoms with Gasteiger partial charge in [-0.3, -0.25) is 0 Å². The lowest BCUT2D eigenvalue weighted by molar-refractivity contribution is 0.346. The highest BCUT2D eigenvalue weighted by atomic mass is 15.3. The van der Waals surface area contributed by atoms with Crippen LogP contribution in [0.3, 0.4) is 0 Å². The molecule has 2 rings (SSSR count). The van der Waals surface area contributed by atoms with Gasteiger partial charge in [-0.25, -0.2) is 9.67 Å². The fourth-order valence-electron chi connectivity index (χ4n) is 2.94. The average Bonchev–Trinajstić information content (AvgIpc) is 2.68. The Morgan fingerprint density at radius 3 is 2.89 bits per heavy atom. The van der Waals surface area contributed by atoms with E-state index in [0.717, 1.165) is 24.8 Å². The second kappa shape index (κ2) is 7.04. The van der Waals surface area contributed by atoms with E-state index in [0.29, 0.717) is 12.0 Å². The predicted molar refractivity (Wildman–Crippen MR) is 77.7 cm³/mol. The zero-order valence-corrected chi connectivity index (χ0v) is 12.6. The normalized spacial score (nSPS) is 24.6. The van der Waals surface area contributed by atoms with Gasteiger partial charge in [-0.15, -0.1) is 0 Å². The van der Waals surface area contributed by atoms with Crippen molar-refractivity contribution in [2.45, 2.75) is 72.0 Å².